The van der Waals surface area contributed by atoms with Gasteiger partial charge in [0.25, 0.3) is 0 Å². The van der Waals surface area contributed by atoms with Crippen molar-refractivity contribution in [2.24, 2.45) is 0 Å². The first-order valence-corrected chi connectivity index (χ1v) is 8.46. The van der Waals surface area contributed by atoms with E-state index >= 15 is 0 Å². The zero-order valence-electron chi connectivity index (χ0n) is 12.2. The largest absolute Gasteiger partial charge is 0.491 e. The first-order chi connectivity index (χ1) is 10.7. The Labute approximate surface area is 146 Å². The molecule has 1 N–H and O–H groups in total. The van der Waals surface area contributed by atoms with Crippen molar-refractivity contribution in [1.29, 1.82) is 0 Å². The van der Waals surface area contributed by atoms with Gasteiger partial charge in [-0.3, -0.25) is 0 Å². The molecule has 0 aliphatic rings. The highest BCUT2D eigenvalue weighted by atomic mass is 79.9. The number of hydrogen-bond donors (Lipinski definition) is 1. The van der Waals surface area contributed by atoms with E-state index < -0.39 is 0 Å². The second-order valence-corrected chi connectivity index (χ2v) is 6.27. The van der Waals surface area contributed by atoms with E-state index in [4.69, 9.17) is 4.74 Å². The number of hydrogen-bond acceptors (Lipinski definition) is 5. The van der Waals surface area contributed by atoms with Crippen molar-refractivity contribution >= 4 is 37.8 Å². The Balaban J connectivity index is 2.07. The van der Waals surface area contributed by atoms with Crippen LogP contribution in [0.2, 0.25) is 0 Å². The van der Waals surface area contributed by atoms with Crippen LogP contribution in [0.25, 0.3) is 0 Å². The van der Waals surface area contributed by atoms with E-state index in [2.05, 4.69) is 66.2 Å². The monoisotopic (exact) mass is 429 g/mol. The summed E-state index contributed by atoms with van der Waals surface area (Å²) in [7, 11) is 0. The third kappa shape index (κ3) is 4.30. The van der Waals surface area contributed by atoms with Crippen LogP contribution >= 0.6 is 31.9 Å². The van der Waals surface area contributed by atoms with Crippen molar-refractivity contribution in [3.8, 4) is 5.75 Å². The quantitative estimate of drug-likeness (QED) is 0.645. The highest BCUT2D eigenvalue weighted by molar-refractivity contribution is 9.11. The van der Waals surface area contributed by atoms with Gasteiger partial charge in [0.1, 0.15) is 5.75 Å². The molecular weight excluding hydrogens is 414 g/mol. The number of nitrogens with zero attached hydrogens (tertiary/aromatic N) is 4. The van der Waals surface area contributed by atoms with E-state index in [1.165, 1.54) is 0 Å². The summed E-state index contributed by atoms with van der Waals surface area (Å²) >= 11 is 7.09. The Bertz CT molecular complexity index is 621. The van der Waals surface area contributed by atoms with Gasteiger partial charge in [0.05, 0.1) is 22.1 Å². The smallest absolute Gasteiger partial charge is 0.243 e. The molecule has 0 bridgehead atoms. The summed E-state index contributed by atoms with van der Waals surface area (Å²) in [6.07, 6.45) is 2.71. The lowest BCUT2D eigenvalue weighted by atomic mass is 10.2. The molecule has 1 aromatic heterocycles. The fraction of sp³-hybridized carbons (Fsp3) is 0.357. The predicted molar refractivity (Wildman–Crippen MR) is 93.0 cm³/mol. The maximum atomic E-state index is 5.71. The molecule has 2 aromatic rings. The SMILES string of the molecule is C=CCn1nnnc1NCc1cc(Br)c(OCCC)c(Br)c1. The maximum Gasteiger partial charge on any atom is 0.243 e. The lowest BCUT2D eigenvalue weighted by Gasteiger charge is -2.12. The summed E-state index contributed by atoms with van der Waals surface area (Å²) in [5.41, 5.74) is 1.08. The second kappa shape index (κ2) is 8.28. The molecule has 0 saturated heterocycles. The Morgan fingerprint density at radius 1 is 1.36 bits per heavy atom. The number of ether oxygens (including phenoxy) is 1. The van der Waals surface area contributed by atoms with E-state index in [1.54, 1.807) is 10.8 Å². The number of allylic oxidation sites excluding steroid dienone is 1. The van der Waals surface area contributed by atoms with Gasteiger partial charge in [-0.25, -0.2) is 4.68 Å². The molecular formula is C14H17Br2N5O. The molecule has 0 aliphatic heterocycles. The minimum atomic E-state index is 0.562. The zero-order chi connectivity index (χ0) is 15.9. The van der Waals surface area contributed by atoms with Gasteiger partial charge < -0.3 is 10.1 Å². The minimum absolute atomic E-state index is 0.562. The molecule has 0 unspecified atom stereocenters. The van der Waals surface area contributed by atoms with Crippen molar-refractivity contribution in [2.45, 2.75) is 26.4 Å². The van der Waals surface area contributed by atoms with Gasteiger partial charge >= 0.3 is 0 Å². The third-order valence-corrected chi connectivity index (χ3v) is 3.97. The van der Waals surface area contributed by atoms with Crippen LogP contribution in [0.4, 0.5) is 5.95 Å². The molecule has 0 atom stereocenters. The molecule has 0 saturated carbocycles. The number of benzene rings is 1. The van der Waals surface area contributed by atoms with Crippen molar-refractivity contribution in [1.82, 2.24) is 20.2 Å². The van der Waals surface area contributed by atoms with Crippen LogP contribution in [0.15, 0.2) is 33.7 Å². The molecule has 8 heteroatoms. The molecule has 0 aliphatic carbocycles. The fourth-order valence-electron chi connectivity index (χ4n) is 1.81. The van der Waals surface area contributed by atoms with Gasteiger partial charge in [0.2, 0.25) is 5.95 Å². The Morgan fingerprint density at radius 2 is 2.09 bits per heavy atom. The van der Waals surface area contributed by atoms with E-state index in [0.717, 1.165) is 26.7 Å². The van der Waals surface area contributed by atoms with Crippen molar-refractivity contribution < 1.29 is 4.74 Å². The molecule has 118 valence electrons. The topological polar surface area (TPSA) is 64.9 Å². The maximum absolute atomic E-state index is 5.71. The molecule has 0 spiro atoms. The van der Waals surface area contributed by atoms with Gasteiger partial charge in [0.15, 0.2) is 0 Å². The Morgan fingerprint density at radius 3 is 2.73 bits per heavy atom. The van der Waals surface area contributed by atoms with Crippen molar-refractivity contribution in [3.63, 3.8) is 0 Å². The number of nitrogens with one attached hydrogen (secondary N) is 1. The average molecular weight is 431 g/mol. The molecule has 0 radical (unpaired) electrons. The third-order valence-electron chi connectivity index (χ3n) is 2.79. The standard InChI is InChI=1S/C14H17Br2N5O/c1-3-5-21-14(18-19-20-21)17-9-10-7-11(15)13(12(16)8-10)22-6-4-2/h3,7-8H,1,4-6,9H2,2H3,(H,17,18,20). The van der Waals surface area contributed by atoms with Crippen molar-refractivity contribution in [2.75, 3.05) is 11.9 Å². The van der Waals surface area contributed by atoms with Crippen LogP contribution < -0.4 is 10.1 Å². The van der Waals surface area contributed by atoms with E-state index in [0.29, 0.717) is 25.6 Å². The van der Waals surface area contributed by atoms with Gasteiger partial charge in [-0.15, -0.1) is 6.58 Å². The van der Waals surface area contributed by atoms with Crippen LogP contribution in [0.5, 0.6) is 5.75 Å². The van der Waals surface area contributed by atoms with Crippen LogP contribution in [0.1, 0.15) is 18.9 Å². The summed E-state index contributed by atoms with van der Waals surface area (Å²) in [4.78, 5) is 0. The molecule has 22 heavy (non-hydrogen) atoms. The molecule has 0 fully saturated rings. The second-order valence-electron chi connectivity index (χ2n) is 4.56. The summed E-state index contributed by atoms with van der Waals surface area (Å²) in [5, 5.41) is 14.7. The summed E-state index contributed by atoms with van der Waals surface area (Å²) in [6.45, 7) is 7.61. The number of rotatable bonds is 8. The minimum Gasteiger partial charge on any atom is -0.491 e. The molecule has 2 rings (SSSR count). The van der Waals surface area contributed by atoms with Gasteiger partial charge in [-0.1, -0.05) is 18.1 Å². The van der Waals surface area contributed by atoms with Gasteiger partial charge in [-0.2, -0.15) is 0 Å². The van der Waals surface area contributed by atoms with E-state index in [-0.39, 0.29) is 0 Å². The van der Waals surface area contributed by atoms with Crippen LogP contribution in [0, 0.1) is 0 Å². The fourth-order valence-corrected chi connectivity index (χ4v) is 3.32. The molecule has 1 aromatic carbocycles. The van der Waals surface area contributed by atoms with Crippen LogP contribution in [-0.2, 0) is 13.1 Å². The molecule has 6 nitrogen and oxygen atoms in total. The lowest BCUT2D eigenvalue weighted by molar-refractivity contribution is 0.313. The normalized spacial score (nSPS) is 10.5. The molecule has 1 heterocycles. The zero-order valence-corrected chi connectivity index (χ0v) is 15.4. The summed E-state index contributed by atoms with van der Waals surface area (Å²) < 4.78 is 9.19. The average Bonchev–Trinajstić information content (AvgIpc) is 2.92. The lowest BCUT2D eigenvalue weighted by Crippen LogP contribution is -2.08. The Hall–Kier alpha value is -1.41. The van der Waals surface area contributed by atoms with Gasteiger partial charge in [-0.05, 0) is 66.4 Å². The summed E-state index contributed by atoms with van der Waals surface area (Å²) in [5.74, 6) is 1.43. The van der Waals surface area contributed by atoms with E-state index in [1.807, 2.05) is 12.1 Å². The van der Waals surface area contributed by atoms with Gasteiger partial charge in [0, 0.05) is 6.54 Å². The number of halogens is 2. The highest BCUT2D eigenvalue weighted by Gasteiger charge is 2.10. The Kier molecular flexibility index (Phi) is 6.38. The van der Waals surface area contributed by atoms with Crippen LogP contribution in [-0.4, -0.2) is 26.8 Å². The number of tetrazole rings is 1. The molecule has 0 amide bonds. The van der Waals surface area contributed by atoms with E-state index in [9.17, 15) is 0 Å². The predicted octanol–water partition coefficient (Wildman–Crippen LogP) is 3.79. The number of aromatic nitrogens is 4. The highest BCUT2D eigenvalue weighted by Crippen LogP contribution is 2.35. The van der Waals surface area contributed by atoms with Crippen LogP contribution in [0.3, 0.4) is 0 Å². The number of anilines is 1. The van der Waals surface area contributed by atoms with Crippen molar-refractivity contribution in [3.05, 3.63) is 39.3 Å². The first kappa shape index (κ1) is 17.0. The summed E-state index contributed by atoms with van der Waals surface area (Å²) in [6, 6.07) is 4.04. The first-order valence-electron chi connectivity index (χ1n) is 6.87.